The Balaban J connectivity index is 2.11. The van der Waals surface area contributed by atoms with Gasteiger partial charge in [0.2, 0.25) is 0 Å². The van der Waals surface area contributed by atoms with E-state index < -0.39 is 17.8 Å². The number of aryl methyl sites for hydroxylation is 1. The van der Waals surface area contributed by atoms with Crippen LogP contribution in [0, 0.1) is 13.8 Å². The Morgan fingerprint density at radius 1 is 1.03 bits per heavy atom. The van der Waals surface area contributed by atoms with Crippen molar-refractivity contribution in [2.24, 2.45) is 0 Å². The summed E-state index contributed by atoms with van der Waals surface area (Å²) in [5.74, 6) is -1.23. The molecule has 0 unspecified atom stereocenters. The summed E-state index contributed by atoms with van der Waals surface area (Å²) in [5.41, 5.74) is 3.16. The molecule has 158 valence electrons. The van der Waals surface area contributed by atoms with Gasteiger partial charge in [-0.05, 0) is 57.5 Å². The zero-order valence-corrected chi connectivity index (χ0v) is 18.0. The minimum atomic E-state index is -0.668. The number of anilines is 1. The molecule has 4 amide bonds. The summed E-state index contributed by atoms with van der Waals surface area (Å²) in [6.45, 7) is 8.35. The second-order valence-corrected chi connectivity index (χ2v) is 7.56. The minimum Gasteiger partial charge on any atom is -0.383 e. The van der Waals surface area contributed by atoms with Crippen molar-refractivity contribution in [3.05, 3.63) is 58.9 Å². The summed E-state index contributed by atoms with van der Waals surface area (Å²) >= 11 is 0. The Morgan fingerprint density at radius 3 is 2.27 bits per heavy atom. The van der Waals surface area contributed by atoms with Crippen LogP contribution in [0.1, 0.15) is 36.8 Å². The van der Waals surface area contributed by atoms with Crippen molar-refractivity contribution >= 4 is 29.6 Å². The van der Waals surface area contributed by atoms with Crippen LogP contribution in [-0.2, 0) is 14.3 Å². The highest BCUT2D eigenvalue weighted by Crippen LogP contribution is 2.28. The molecule has 1 aromatic heterocycles. The number of nitrogens with zero attached hydrogens (tertiary/aromatic N) is 3. The van der Waals surface area contributed by atoms with E-state index >= 15 is 0 Å². The van der Waals surface area contributed by atoms with Crippen molar-refractivity contribution in [2.75, 3.05) is 25.2 Å². The first-order chi connectivity index (χ1) is 14.3. The lowest BCUT2D eigenvalue weighted by atomic mass is 10.1. The fourth-order valence-electron chi connectivity index (χ4n) is 3.86. The lowest BCUT2D eigenvalue weighted by Gasteiger charge is -2.33. The number of urea groups is 1. The number of rotatable bonds is 6. The van der Waals surface area contributed by atoms with Crippen LogP contribution < -0.4 is 4.90 Å². The topological polar surface area (TPSA) is 71.8 Å². The van der Waals surface area contributed by atoms with E-state index in [0.29, 0.717) is 5.69 Å². The largest absolute Gasteiger partial charge is 0.383 e. The molecule has 30 heavy (non-hydrogen) atoms. The molecule has 1 aliphatic heterocycles. The first kappa shape index (κ1) is 21.5. The molecule has 2 heterocycles. The van der Waals surface area contributed by atoms with E-state index in [0.717, 1.165) is 26.8 Å². The maximum atomic E-state index is 13.3. The molecule has 0 spiro atoms. The van der Waals surface area contributed by atoms with Gasteiger partial charge in [0.25, 0.3) is 11.8 Å². The standard InChI is InChI=1S/C23H27N3O4/c1-15(2)25-16(3)13-18(17(25)4)14-20-21(27)24(11-12-30-5)23(29)26(22(20)28)19-9-7-6-8-10-19/h6-10,13-15H,11-12H2,1-5H3/b20-14+. The number of para-hydroxylation sites is 1. The van der Waals surface area contributed by atoms with Gasteiger partial charge in [0.05, 0.1) is 18.8 Å². The minimum absolute atomic E-state index is 0.0430. The molecule has 7 heteroatoms. The molecule has 1 fully saturated rings. The van der Waals surface area contributed by atoms with Gasteiger partial charge in [-0.25, -0.2) is 9.69 Å². The molecule has 7 nitrogen and oxygen atoms in total. The number of methoxy groups -OCH3 is 1. The van der Waals surface area contributed by atoms with Gasteiger partial charge < -0.3 is 9.30 Å². The number of barbiturate groups is 1. The highest BCUT2D eigenvalue weighted by molar-refractivity contribution is 6.39. The normalized spacial score (nSPS) is 16.3. The third-order valence-corrected chi connectivity index (χ3v) is 5.20. The molecular formula is C23H27N3O4. The van der Waals surface area contributed by atoms with Gasteiger partial charge >= 0.3 is 6.03 Å². The summed E-state index contributed by atoms with van der Waals surface area (Å²) in [4.78, 5) is 41.5. The van der Waals surface area contributed by atoms with Crippen molar-refractivity contribution in [3.8, 4) is 0 Å². The third-order valence-electron chi connectivity index (χ3n) is 5.20. The number of aromatic nitrogens is 1. The zero-order chi connectivity index (χ0) is 22.0. The van der Waals surface area contributed by atoms with Crippen LogP contribution >= 0.6 is 0 Å². The number of carbonyl (C=O) groups excluding carboxylic acids is 3. The van der Waals surface area contributed by atoms with Gasteiger partial charge in [-0.1, -0.05) is 18.2 Å². The van der Waals surface area contributed by atoms with Crippen LogP contribution in [-0.4, -0.2) is 47.6 Å². The molecule has 0 saturated carbocycles. The molecule has 1 aliphatic rings. The van der Waals surface area contributed by atoms with Crippen LogP contribution in [0.2, 0.25) is 0 Å². The van der Waals surface area contributed by atoms with E-state index in [1.807, 2.05) is 19.9 Å². The molecular weight excluding hydrogens is 382 g/mol. The van der Waals surface area contributed by atoms with Crippen molar-refractivity contribution in [3.63, 3.8) is 0 Å². The Morgan fingerprint density at radius 2 is 1.70 bits per heavy atom. The van der Waals surface area contributed by atoms with Crippen LogP contribution in [0.15, 0.2) is 42.0 Å². The van der Waals surface area contributed by atoms with Gasteiger partial charge in [-0.3, -0.25) is 14.5 Å². The Hall–Kier alpha value is -3.19. The van der Waals surface area contributed by atoms with Crippen LogP contribution in [0.25, 0.3) is 6.08 Å². The van der Waals surface area contributed by atoms with Gasteiger partial charge in [0.15, 0.2) is 0 Å². The average molecular weight is 409 g/mol. The predicted octanol–water partition coefficient (Wildman–Crippen LogP) is 3.71. The number of hydrogen-bond acceptors (Lipinski definition) is 4. The van der Waals surface area contributed by atoms with Crippen molar-refractivity contribution in [2.45, 2.75) is 33.7 Å². The van der Waals surface area contributed by atoms with E-state index in [2.05, 4.69) is 18.4 Å². The van der Waals surface area contributed by atoms with E-state index in [4.69, 9.17) is 4.74 Å². The van der Waals surface area contributed by atoms with E-state index in [9.17, 15) is 14.4 Å². The van der Waals surface area contributed by atoms with Crippen molar-refractivity contribution < 1.29 is 19.1 Å². The molecule has 0 radical (unpaired) electrons. The fraction of sp³-hybridized carbons (Fsp3) is 0.348. The Labute approximate surface area is 176 Å². The molecule has 3 rings (SSSR count). The van der Waals surface area contributed by atoms with Crippen LogP contribution in [0.5, 0.6) is 0 Å². The second kappa shape index (κ2) is 8.67. The average Bonchev–Trinajstić information content (AvgIpc) is 2.99. The number of benzene rings is 1. The van der Waals surface area contributed by atoms with E-state index in [1.54, 1.807) is 36.4 Å². The summed E-state index contributed by atoms with van der Waals surface area (Å²) < 4.78 is 7.20. The van der Waals surface area contributed by atoms with E-state index in [1.165, 1.54) is 7.11 Å². The molecule has 0 atom stereocenters. The van der Waals surface area contributed by atoms with Gasteiger partial charge in [-0.2, -0.15) is 0 Å². The first-order valence-electron chi connectivity index (χ1n) is 9.92. The van der Waals surface area contributed by atoms with Gasteiger partial charge in [0.1, 0.15) is 5.57 Å². The lowest BCUT2D eigenvalue weighted by molar-refractivity contribution is -0.129. The lowest BCUT2D eigenvalue weighted by Crippen LogP contribution is -2.57. The summed E-state index contributed by atoms with van der Waals surface area (Å²) in [6, 6.07) is 10.1. The molecule has 0 aliphatic carbocycles. The fourth-order valence-corrected chi connectivity index (χ4v) is 3.86. The zero-order valence-electron chi connectivity index (χ0n) is 18.0. The smallest absolute Gasteiger partial charge is 0.338 e. The molecule has 1 saturated heterocycles. The van der Waals surface area contributed by atoms with Crippen molar-refractivity contribution in [1.82, 2.24) is 9.47 Å². The van der Waals surface area contributed by atoms with Gasteiger partial charge in [0, 0.05) is 24.5 Å². The number of hydrogen-bond donors (Lipinski definition) is 0. The quantitative estimate of drug-likeness (QED) is 0.539. The van der Waals surface area contributed by atoms with Crippen molar-refractivity contribution in [1.29, 1.82) is 0 Å². The maximum absolute atomic E-state index is 13.3. The third kappa shape index (κ3) is 3.80. The number of amides is 4. The Bertz CT molecular complexity index is 1000. The summed E-state index contributed by atoms with van der Waals surface area (Å²) in [5, 5.41) is 0. The molecule has 1 aromatic carbocycles. The van der Waals surface area contributed by atoms with Crippen LogP contribution in [0.3, 0.4) is 0 Å². The summed E-state index contributed by atoms with van der Waals surface area (Å²) in [6.07, 6.45) is 1.59. The Kier molecular flexibility index (Phi) is 6.22. The number of carbonyl (C=O) groups is 3. The first-order valence-corrected chi connectivity index (χ1v) is 9.92. The molecule has 0 N–H and O–H groups in total. The monoisotopic (exact) mass is 409 g/mol. The molecule has 0 bridgehead atoms. The maximum Gasteiger partial charge on any atom is 0.338 e. The predicted molar refractivity (Wildman–Crippen MR) is 115 cm³/mol. The highest BCUT2D eigenvalue weighted by atomic mass is 16.5. The highest BCUT2D eigenvalue weighted by Gasteiger charge is 2.42. The van der Waals surface area contributed by atoms with Gasteiger partial charge in [-0.15, -0.1) is 0 Å². The molecule has 2 aromatic rings. The number of ether oxygens (including phenoxy) is 1. The SMILES string of the molecule is COCCN1C(=O)/C(=C\c2cc(C)n(C(C)C)c2C)C(=O)N(c2ccccc2)C1=O. The van der Waals surface area contributed by atoms with Crippen LogP contribution in [0.4, 0.5) is 10.5 Å². The number of imide groups is 2. The van der Waals surface area contributed by atoms with E-state index in [-0.39, 0.29) is 24.8 Å². The summed E-state index contributed by atoms with van der Waals surface area (Å²) in [7, 11) is 1.50. The second-order valence-electron chi connectivity index (χ2n) is 7.56.